The fraction of sp³-hybridized carbons (Fsp3) is 0.391. The van der Waals surface area contributed by atoms with E-state index in [1.807, 2.05) is 65.0 Å². The normalized spacial score (nSPS) is 14.0. The van der Waals surface area contributed by atoms with Crippen molar-refractivity contribution in [1.29, 1.82) is 0 Å². The molecule has 1 atom stereocenters. The molecule has 0 saturated heterocycles. The van der Waals surface area contributed by atoms with Crippen molar-refractivity contribution in [2.75, 3.05) is 7.11 Å². The first kappa shape index (κ1) is 20.8. The lowest BCUT2D eigenvalue weighted by Crippen LogP contribution is -2.34. The number of ether oxygens (including phenoxy) is 1. The Morgan fingerprint density at radius 1 is 1.15 bits per heavy atom. The van der Waals surface area contributed by atoms with E-state index < -0.39 is 11.8 Å². The van der Waals surface area contributed by atoms with Crippen molar-refractivity contribution < 1.29 is 14.5 Å². The van der Waals surface area contributed by atoms with Gasteiger partial charge < -0.3 is 9.30 Å². The van der Waals surface area contributed by atoms with Crippen molar-refractivity contribution in [3.8, 4) is 17.6 Å². The summed E-state index contributed by atoms with van der Waals surface area (Å²) in [5.74, 6) is 6.77. The molecule has 4 nitrogen and oxygen atoms in total. The smallest absolute Gasteiger partial charge is 0.194 e. The third-order valence-electron chi connectivity index (χ3n) is 3.99. The lowest BCUT2D eigenvalue weighted by atomic mass is 10.2. The van der Waals surface area contributed by atoms with Crippen LogP contribution in [0.25, 0.3) is 12.2 Å². The highest BCUT2D eigenvalue weighted by atomic mass is 17.2. The molecule has 27 heavy (non-hydrogen) atoms. The molecule has 2 aromatic rings. The van der Waals surface area contributed by atoms with Crippen LogP contribution in [0.5, 0.6) is 5.75 Å². The molecule has 2 rings (SSSR count). The predicted octanol–water partition coefficient (Wildman–Crippen LogP) is 3.70. The lowest BCUT2D eigenvalue weighted by molar-refractivity contribution is -0.381. The minimum atomic E-state index is -0.434. The maximum Gasteiger partial charge on any atom is 0.194 e. The highest BCUT2D eigenvalue weighted by molar-refractivity contribution is 5.47. The van der Waals surface area contributed by atoms with Crippen LogP contribution in [0.1, 0.15) is 52.0 Å². The Labute approximate surface area is 162 Å². The summed E-state index contributed by atoms with van der Waals surface area (Å²) in [7, 11) is 1.65. The average Bonchev–Trinajstić information content (AvgIpc) is 2.95. The summed E-state index contributed by atoms with van der Waals surface area (Å²) in [4.78, 5) is 11.6. The summed E-state index contributed by atoms with van der Waals surface area (Å²) in [6, 6.07) is 7.81. The molecule has 1 heterocycles. The largest absolute Gasteiger partial charge is 0.497 e. The Kier molecular flexibility index (Phi) is 6.90. The molecule has 0 spiro atoms. The molecule has 144 valence electrons. The van der Waals surface area contributed by atoms with E-state index in [0.29, 0.717) is 0 Å². The van der Waals surface area contributed by atoms with E-state index in [9.17, 15) is 0 Å². The fourth-order valence-electron chi connectivity index (χ4n) is 2.74. The average molecular weight is 367 g/mol. The van der Waals surface area contributed by atoms with Crippen LogP contribution in [0.4, 0.5) is 0 Å². The molecule has 0 amide bonds. The Morgan fingerprint density at radius 3 is 2.33 bits per heavy atom. The van der Waals surface area contributed by atoms with Gasteiger partial charge in [0.05, 0.1) is 12.7 Å². The van der Waals surface area contributed by atoms with Crippen molar-refractivity contribution >= 4 is 12.2 Å². The minimum absolute atomic E-state index is 0.425. The van der Waals surface area contributed by atoms with Crippen LogP contribution in [0.2, 0.25) is 0 Å². The molecule has 0 bridgehead atoms. The van der Waals surface area contributed by atoms with Crippen LogP contribution in [-0.4, -0.2) is 17.3 Å². The van der Waals surface area contributed by atoms with Gasteiger partial charge in [0.15, 0.2) is 6.23 Å². The van der Waals surface area contributed by atoms with E-state index in [-0.39, 0.29) is 0 Å². The maximum atomic E-state index is 5.92. The number of benzene rings is 1. The van der Waals surface area contributed by atoms with Gasteiger partial charge in [-0.2, -0.15) is 0 Å². The molecule has 0 N–H and O–H groups in total. The number of aromatic nitrogens is 1. The van der Waals surface area contributed by atoms with Gasteiger partial charge in [-0.1, -0.05) is 24.1 Å². The molecule has 4 heteroatoms. The molecule has 0 aliphatic rings. The van der Waals surface area contributed by atoms with Crippen LogP contribution >= 0.6 is 0 Å². The molecular formula is C23H29NO3. The summed E-state index contributed by atoms with van der Waals surface area (Å²) in [6.07, 6.45) is 5.64. The minimum Gasteiger partial charge on any atom is -0.497 e. The summed E-state index contributed by atoms with van der Waals surface area (Å²) in [5.41, 5.74) is 1.67. The first-order chi connectivity index (χ1) is 12.8. The highest BCUT2D eigenvalue weighted by Gasteiger charge is 2.21. The zero-order chi connectivity index (χ0) is 20.0. The summed E-state index contributed by atoms with van der Waals surface area (Å²) < 4.78 is 7.35. The molecule has 1 aromatic heterocycles. The van der Waals surface area contributed by atoms with Crippen molar-refractivity contribution in [3.05, 3.63) is 52.2 Å². The molecule has 1 unspecified atom stereocenters. The van der Waals surface area contributed by atoms with E-state index in [0.717, 1.165) is 27.4 Å². The maximum absolute atomic E-state index is 5.92. The van der Waals surface area contributed by atoms with Crippen molar-refractivity contribution in [2.45, 2.75) is 53.4 Å². The van der Waals surface area contributed by atoms with Crippen LogP contribution in [0.3, 0.4) is 0 Å². The molecular weight excluding hydrogens is 338 g/mol. The van der Waals surface area contributed by atoms with Crippen LogP contribution < -0.4 is 15.3 Å². The van der Waals surface area contributed by atoms with Gasteiger partial charge in [0, 0.05) is 22.3 Å². The molecule has 0 fully saturated rings. The Bertz CT molecular complexity index is 935. The zero-order valence-corrected chi connectivity index (χ0v) is 17.3. The fourth-order valence-corrected chi connectivity index (χ4v) is 2.74. The second-order valence-corrected chi connectivity index (χ2v) is 7.26. The molecule has 0 saturated carbocycles. The van der Waals surface area contributed by atoms with Gasteiger partial charge in [-0.25, -0.2) is 9.78 Å². The molecule has 0 aliphatic carbocycles. The van der Waals surface area contributed by atoms with Gasteiger partial charge >= 0.3 is 0 Å². The van der Waals surface area contributed by atoms with Gasteiger partial charge in [-0.3, -0.25) is 0 Å². The van der Waals surface area contributed by atoms with Crippen molar-refractivity contribution in [3.63, 3.8) is 0 Å². The highest BCUT2D eigenvalue weighted by Crippen LogP contribution is 2.24. The lowest BCUT2D eigenvalue weighted by Gasteiger charge is -2.25. The zero-order valence-electron chi connectivity index (χ0n) is 17.3. The van der Waals surface area contributed by atoms with Gasteiger partial charge in [-0.15, -0.1) is 5.92 Å². The second kappa shape index (κ2) is 8.94. The van der Waals surface area contributed by atoms with Gasteiger partial charge in [0.2, 0.25) is 0 Å². The molecule has 1 aromatic carbocycles. The van der Waals surface area contributed by atoms with E-state index in [4.69, 9.17) is 14.5 Å². The van der Waals surface area contributed by atoms with Crippen LogP contribution in [-0.2, 0) is 9.78 Å². The Hall–Kier alpha value is -2.48. The number of nitrogens with zero attached hydrogens (tertiary/aromatic N) is 1. The summed E-state index contributed by atoms with van der Waals surface area (Å²) in [5, 5.41) is 2.12. The van der Waals surface area contributed by atoms with Crippen LogP contribution in [0.15, 0.2) is 30.5 Å². The Balaban J connectivity index is 2.61. The van der Waals surface area contributed by atoms with E-state index >= 15 is 0 Å². The number of methoxy groups -OCH3 is 1. The number of rotatable bonds is 5. The molecule has 0 radical (unpaired) electrons. The predicted molar refractivity (Wildman–Crippen MR) is 110 cm³/mol. The quantitative estimate of drug-likeness (QED) is 0.459. The SMILES string of the molecule is CC#C/C=c1/c(C)cn(C(OOC(C)(C)C)c2ccc(OC)cc2)/c1=C/C. The van der Waals surface area contributed by atoms with E-state index in [1.54, 1.807) is 7.11 Å². The van der Waals surface area contributed by atoms with Crippen molar-refractivity contribution in [2.24, 2.45) is 0 Å². The van der Waals surface area contributed by atoms with Gasteiger partial charge in [0.25, 0.3) is 0 Å². The number of hydrogen-bond acceptors (Lipinski definition) is 3. The first-order valence-corrected chi connectivity index (χ1v) is 9.05. The van der Waals surface area contributed by atoms with E-state index in [1.165, 1.54) is 0 Å². The van der Waals surface area contributed by atoms with Gasteiger partial charge in [-0.05, 0) is 65.3 Å². The number of hydrogen-bond donors (Lipinski definition) is 0. The standard InChI is InChI=1S/C23H29NO3/c1-8-10-11-20-17(3)16-24(21(20)9-2)22(26-27-23(4,5)6)18-12-14-19(25-7)15-13-18/h9,11-16,22H,1-7H3/b20-11-,21-9+. The van der Waals surface area contributed by atoms with Crippen molar-refractivity contribution in [1.82, 2.24) is 4.57 Å². The van der Waals surface area contributed by atoms with Crippen LogP contribution in [0, 0.1) is 18.8 Å². The third kappa shape index (κ3) is 5.26. The first-order valence-electron chi connectivity index (χ1n) is 9.05. The monoisotopic (exact) mass is 367 g/mol. The summed E-state index contributed by atoms with van der Waals surface area (Å²) >= 11 is 0. The second-order valence-electron chi connectivity index (χ2n) is 7.26. The summed E-state index contributed by atoms with van der Waals surface area (Å²) in [6.45, 7) is 11.8. The molecule has 0 aliphatic heterocycles. The van der Waals surface area contributed by atoms with E-state index in [2.05, 4.69) is 35.6 Å². The topological polar surface area (TPSA) is 32.6 Å². The third-order valence-corrected chi connectivity index (χ3v) is 3.99. The number of aryl methyl sites for hydroxylation is 1. The Morgan fingerprint density at radius 2 is 1.81 bits per heavy atom. The van der Waals surface area contributed by atoms with Gasteiger partial charge in [0.1, 0.15) is 5.75 Å².